The quantitative estimate of drug-likeness (QED) is 0.636. The fourth-order valence-corrected chi connectivity index (χ4v) is 3.24. The van der Waals surface area contributed by atoms with Gasteiger partial charge in [-0.3, -0.25) is 15.0 Å². The number of halogens is 1. The maximum absolute atomic E-state index is 10.9. The van der Waals surface area contributed by atoms with Crippen LogP contribution in [-0.4, -0.2) is 42.0 Å². The zero-order valence-corrected chi connectivity index (χ0v) is 12.7. The molecule has 0 amide bonds. The summed E-state index contributed by atoms with van der Waals surface area (Å²) in [4.78, 5) is 15.3. The first kappa shape index (κ1) is 14.4. The van der Waals surface area contributed by atoms with E-state index in [1.165, 1.54) is 5.56 Å². The second-order valence-electron chi connectivity index (χ2n) is 5.66. The van der Waals surface area contributed by atoms with Gasteiger partial charge in [0.2, 0.25) is 0 Å². The number of benzene rings is 1. The summed E-state index contributed by atoms with van der Waals surface area (Å²) in [5, 5.41) is 11.7. The van der Waals surface area contributed by atoms with Gasteiger partial charge in [-0.25, -0.2) is 0 Å². The number of hydrogen-bond donors (Lipinski definition) is 0. The van der Waals surface area contributed by atoms with Crippen LogP contribution in [0.1, 0.15) is 12.5 Å². The molecule has 0 aliphatic carbocycles. The lowest BCUT2D eigenvalue weighted by atomic mass is 9.94. The van der Waals surface area contributed by atoms with Crippen molar-refractivity contribution in [1.82, 2.24) is 4.90 Å². The molecule has 0 radical (unpaired) electrons. The fourth-order valence-electron chi connectivity index (χ4n) is 3.18. The van der Waals surface area contributed by atoms with Crippen LogP contribution in [0.5, 0.6) is 0 Å². The van der Waals surface area contributed by atoms with E-state index >= 15 is 0 Å². The van der Waals surface area contributed by atoms with Crippen LogP contribution in [-0.2, 0) is 6.42 Å². The molecule has 1 fully saturated rings. The first-order chi connectivity index (χ1) is 10.0. The van der Waals surface area contributed by atoms with Crippen LogP contribution < -0.4 is 4.90 Å². The van der Waals surface area contributed by atoms with Crippen molar-refractivity contribution >= 4 is 23.0 Å². The first-order valence-corrected chi connectivity index (χ1v) is 7.51. The minimum absolute atomic E-state index is 0.176. The predicted molar refractivity (Wildman–Crippen MR) is 84.0 cm³/mol. The van der Waals surface area contributed by atoms with Crippen molar-refractivity contribution in [3.05, 3.63) is 45.0 Å². The van der Waals surface area contributed by atoms with Gasteiger partial charge in [0.15, 0.2) is 0 Å². The normalized spacial score (nSPS) is 22.1. The highest BCUT2D eigenvalue weighted by molar-refractivity contribution is 6.29. The minimum Gasteiger partial charge on any atom is -0.368 e. The average Bonchev–Trinajstić information content (AvgIpc) is 2.46. The van der Waals surface area contributed by atoms with E-state index in [0.29, 0.717) is 6.04 Å². The third kappa shape index (κ3) is 2.89. The summed E-state index contributed by atoms with van der Waals surface area (Å²) in [6.45, 7) is 5.57. The number of rotatable bonds is 3. The van der Waals surface area contributed by atoms with Gasteiger partial charge in [0.25, 0.3) is 5.69 Å². The van der Waals surface area contributed by atoms with E-state index in [2.05, 4.69) is 9.80 Å². The molecule has 0 N–H and O–H groups in total. The van der Waals surface area contributed by atoms with E-state index in [0.717, 1.165) is 43.3 Å². The molecule has 1 unspecified atom stereocenters. The summed E-state index contributed by atoms with van der Waals surface area (Å²) < 4.78 is 0. The molecule has 0 spiro atoms. The third-order valence-electron chi connectivity index (χ3n) is 4.29. The van der Waals surface area contributed by atoms with Crippen LogP contribution >= 0.6 is 11.6 Å². The number of nitrogens with zero attached hydrogens (tertiary/aromatic N) is 3. The number of fused-ring (bicyclic) bond motifs is 4. The standard InChI is InChI=1S/C15H18ClN3O2/c1-11(16)4-5-17-6-7-18-10-14(17)8-12-2-3-13(19(20)21)9-15(12)18/h2-4,9,14H,5-8,10H2,1H3/b11-4+. The van der Waals surface area contributed by atoms with E-state index in [9.17, 15) is 10.1 Å². The molecule has 21 heavy (non-hydrogen) atoms. The Bertz CT molecular complexity index is 599. The van der Waals surface area contributed by atoms with Gasteiger partial charge in [-0.1, -0.05) is 23.7 Å². The zero-order valence-electron chi connectivity index (χ0n) is 12.0. The smallest absolute Gasteiger partial charge is 0.271 e. The third-order valence-corrected chi connectivity index (χ3v) is 4.44. The molecule has 2 aliphatic heterocycles. The van der Waals surface area contributed by atoms with Crippen molar-refractivity contribution < 1.29 is 4.92 Å². The van der Waals surface area contributed by atoms with Gasteiger partial charge in [-0.2, -0.15) is 0 Å². The number of nitro benzene ring substituents is 1. The fraction of sp³-hybridized carbons (Fsp3) is 0.467. The lowest BCUT2D eigenvalue weighted by Crippen LogP contribution is -2.56. The van der Waals surface area contributed by atoms with Gasteiger partial charge in [0.1, 0.15) is 0 Å². The monoisotopic (exact) mass is 307 g/mol. The molecular weight excluding hydrogens is 290 g/mol. The summed E-state index contributed by atoms with van der Waals surface area (Å²) in [7, 11) is 0. The van der Waals surface area contributed by atoms with Gasteiger partial charge >= 0.3 is 0 Å². The Balaban J connectivity index is 1.83. The van der Waals surface area contributed by atoms with E-state index < -0.39 is 0 Å². The highest BCUT2D eigenvalue weighted by Crippen LogP contribution is 2.34. The molecule has 1 atom stereocenters. The second-order valence-corrected chi connectivity index (χ2v) is 6.26. The summed E-state index contributed by atoms with van der Waals surface area (Å²) in [6.07, 6.45) is 2.99. The molecule has 112 valence electrons. The van der Waals surface area contributed by atoms with Crippen LogP contribution in [0.4, 0.5) is 11.4 Å². The van der Waals surface area contributed by atoms with Crippen molar-refractivity contribution in [2.24, 2.45) is 0 Å². The molecule has 1 aromatic rings. The molecule has 6 heteroatoms. The van der Waals surface area contributed by atoms with Gasteiger partial charge in [-0.05, 0) is 18.9 Å². The molecule has 2 heterocycles. The van der Waals surface area contributed by atoms with E-state index in [1.807, 2.05) is 19.1 Å². The number of piperazine rings is 1. The van der Waals surface area contributed by atoms with Crippen molar-refractivity contribution in [1.29, 1.82) is 0 Å². The van der Waals surface area contributed by atoms with Gasteiger partial charge in [-0.15, -0.1) is 0 Å². The van der Waals surface area contributed by atoms with Gasteiger partial charge in [0, 0.05) is 55.1 Å². The maximum Gasteiger partial charge on any atom is 0.271 e. The zero-order chi connectivity index (χ0) is 15.0. The number of anilines is 1. The van der Waals surface area contributed by atoms with Crippen LogP contribution in [0.15, 0.2) is 29.3 Å². The summed E-state index contributed by atoms with van der Waals surface area (Å²) >= 11 is 5.92. The summed E-state index contributed by atoms with van der Waals surface area (Å²) in [6, 6.07) is 5.68. The Morgan fingerprint density at radius 3 is 3.05 bits per heavy atom. The first-order valence-electron chi connectivity index (χ1n) is 7.13. The van der Waals surface area contributed by atoms with Crippen LogP contribution in [0.25, 0.3) is 0 Å². The van der Waals surface area contributed by atoms with E-state index in [4.69, 9.17) is 11.6 Å². The summed E-state index contributed by atoms with van der Waals surface area (Å²) in [5.41, 5.74) is 2.41. The predicted octanol–water partition coefficient (Wildman–Crippen LogP) is 2.78. The largest absolute Gasteiger partial charge is 0.368 e. The number of nitro groups is 1. The van der Waals surface area contributed by atoms with E-state index in [1.54, 1.807) is 12.1 Å². The number of hydrogen-bond acceptors (Lipinski definition) is 4. The SMILES string of the molecule is C/C(Cl)=C\CN1CCN2CC1Cc1ccc([N+](=O)[O-])cc12. The Hall–Kier alpha value is -1.59. The topological polar surface area (TPSA) is 49.6 Å². The van der Waals surface area contributed by atoms with Crippen molar-refractivity contribution in [3.8, 4) is 0 Å². The molecular formula is C15H18ClN3O2. The Morgan fingerprint density at radius 1 is 1.52 bits per heavy atom. The maximum atomic E-state index is 10.9. The molecule has 1 aromatic carbocycles. The molecule has 2 bridgehead atoms. The lowest BCUT2D eigenvalue weighted by Gasteiger charge is -2.46. The Labute approximate surface area is 128 Å². The number of non-ortho nitro benzene ring substituents is 1. The minimum atomic E-state index is -0.323. The lowest BCUT2D eigenvalue weighted by molar-refractivity contribution is -0.384. The second kappa shape index (κ2) is 5.66. The van der Waals surface area contributed by atoms with Gasteiger partial charge < -0.3 is 4.90 Å². The van der Waals surface area contributed by atoms with Crippen LogP contribution in [0.3, 0.4) is 0 Å². The van der Waals surface area contributed by atoms with Gasteiger partial charge in [0.05, 0.1) is 4.92 Å². The van der Waals surface area contributed by atoms with Crippen molar-refractivity contribution in [3.63, 3.8) is 0 Å². The van der Waals surface area contributed by atoms with Crippen molar-refractivity contribution in [2.75, 3.05) is 31.1 Å². The van der Waals surface area contributed by atoms with E-state index in [-0.39, 0.29) is 10.6 Å². The average molecular weight is 308 g/mol. The summed E-state index contributed by atoms with van der Waals surface area (Å²) in [5.74, 6) is 0. The van der Waals surface area contributed by atoms with Crippen LogP contribution in [0.2, 0.25) is 0 Å². The molecule has 2 aliphatic rings. The molecule has 0 aromatic heterocycles. The Kier molecular flexibility index (Phi) is 3.87. The highest BCUT2D eigenvalue weighted by Gasteiger charge is 2.33. The Morgan fingerprint density at radius 2 is 2.33 bits per heavy atom. The molecule has 0 saturated carbocycles. The van der Waals surface area contributed by atoms with Crippen LogP contribution in [0, 0.1) is 10.1 Å². The molecule has 5 nitrogen and oxygen atoms in total. The van der Waals surface area contributed by atoms with Crippen molar-refractivity contribution in [2.45, 2.75) is 19.4 Å². The molecule has 1 saturated heterocycles. The number of allylic oxidation sites excluding steroid dienone is 1. The molecule has 3 rings (SSSR count). The highest BCUT2D eigenvalue weighted by atomic mass is 35.5.